The largest absolute Gasteiger partial charge is 0.325 e. The molecule has 5 nitrogen and oxygen atoms in total. The molecular weight excluding hydrogens is 414 g/mol. The van der Waals surface area contributed by atoms with Gasteiger partial charge in [0.2, 0.25) is 5.91 Å². The van der Waals surface area contributed by atoms with Crippen LogP contribution in [-0.2, 0) is 14.9 Å². The van der Waals surface area contributed by atoms with E-state index in [0.717, 1.165) is 14.5 Å². The van der Waals surface area contributed by atoms with Gasteiger partial charge in [0.15, 0.2) is 5.75 Å². The van der Waals surface area contributed by atoms with Crippen LogP contribution in [0.4, 0.5) is 5.69 Å². The van der Waals surface area contributed by atoms with E-state index in [1.165, 1.54) is 6.42 Å². The third-order valence-electron chi connectivity index (χ3n) is 1.88. The van der Waals surface area contributed by atoms with Crippen LogP contribution in [0.5, 0.6) is 0 Å². The molecule has 0 unspecified atom stereocenters. The van der Waals surface area contributed by atoms with Gasteiger partial charge in [0.05, 0.1) is 0 Å². The number of carbonyl (C=O) groups is 1. The van der Waals surface area contributed by atoms with Crippen molar-refractivity contribution >= 4 is 53.6 Å². The molecule has 1 rings (SSSR count). The topological polar surface area (TPSA) is 83.5 Å². The van der Waals surface area contributed by atoms with Crippen LogP contribution in [0.2, 0.25) is 0 Å². The van der Waals surface area contributed by atoms with Crippen LogP contribution in [0.25, 0.3) is 0 Å². The minimum Gasteiger partial charge on any atom is -0.325 e. The maximum absolute atomic E-state index is 11.3. The molecule has 0 atom stereocenters. The minimum atomic E-state index is -4.31. The van der Waals surface area contributed by atoms with Crippen LogP contribution in [-0.4, -0.2) is 24.6 Å². The molecule has 0 radical (unpaired) electrons. The van der Waals surface area contributed by atoms with E-state index in [2.05, 4.69) is 51.0 Å². The fraction of sp³-hybridized carbons (Fsp3) is 0.417. The standard InChI is InChI=1S/C9H9Br2NO4S.C3H8/c1-5-7(10)2-6(3-8(5)11)12-9(13)4-17(14,15)16;1-3-2/h2-3H,4H2,1H3,(H,12,13)(H,14,15,16);3H2,1-2H3. The van der Waals surface area contributed by atoms with Gasteiger partial charge in [-0.1, -0.05) is 52.1 Å². The molecular formula is C12H17Br2NO4S. The van der Waals surface area contributed by atoms with Gasteiger partial charge in [-0.25, -0.2) is 0 Å². The zero-order chi connectivity index (χ0) is 15.9. The molecule has 0 aromatic heterocycles. The highest BCUT2D eigenvalue weighted by molar-refractivity contribution is 9.11. The number of halogens is 2. The molecule has 0 saturated carbocycles. The van der Waals surface area contributed by atoms with Crippen LogP contribution in [0, 0.1) is 6.92 Å². The number of rotatable bonds is 3. The Morgan fingerprint density at radius 1 is 1.25 bits per heavy atom. The van der Waals surface area contributed by atoms with Gasteiger partial charge in [0.1, 0.15) is 0 Å². The maximum Gasteiger partial charge on any atom is 0.274 e. The SMILES string of the molecule is CCC.Cc1c(Br)cc(NC(=O)CS(=O)(=O)O)cc1Br. The Hall–Kier alpha value is -0.440. The van der Waals surface area contributed by atoms with Gasteiger partial charge in [0.25, 0.3) is 10.1 Å². The number of anilines is 1. The van der Waals surface area contributed by atoms with Crippen molar-refractivity contribution in [1.29, 1.82) is 0 Å². The molecule has 0 saturated heterocycles. The molecule has 0 aliphatic rings. The van der Waals surface area contributed by atoms with E-state index < -0.39 is 21.8 Å². The molecule has 0 heterocycles. The van der Waals surface area contributed by atoms with Crippen molar-refractivity contribution < 1.29 is 17.8 Å². The van der Waals surface area contributed by atoms with Crippen LogP contribution in [0.1, 0.15) is 25.8 Å². The van der Waals surface area contributed by atoms with Crippen molar-refractivity contribution in [2.24, 2.45) is 0 Å². The number of benzene rings is 1. The molecule has 1 amide bonds. The van der Waals surface area contributed by atoms with Crippen molar-refractivity contribution in [1.82, 2.24) is 0 Å². The molecule has 0 aliphatic carbocycles. The first kappa shape index (κ1) is 19.6. The fourth-order valence-electron chi connectivity index (χ4n) is 1.08. The average molecular weight is 431 g/mol. The maximum atomic E-state index is 11.3. The van der Waals surface area contributed by atoms with Gasteiger partial charge in [-0.2, -0.15) is 8.42 Å². The summed E-state index contributed by atoms with van der Waals surface area (Å²) in [6.45, 7) is 6.12. The lowest BCUT2D eigenvalue weighted by molar-refractivity contribution is -0.113. The number of hydrogen-bond acceptors (Lipinski definition) is 3. The highest BCUT2D eigenvalue weighted by Crippen LogP contribution is 2.28. The summed E-state index contributed by atoms with van der Waals surface area (Å²) in [5.74, 6) is -1.76. The zero-order valence-electron chi connectivity index (χ0n) is 11.4. The molecule has 20 heavy (non-hydrogen) atoms. The number of amides is 1. The van der Waals surface area contributed by atoms with Gasteiger partial charge >= 0.3 is 0 Å². The quantitative estimate of drug-likeness (QED) is 0.715. The van der Waals surface area contributed by atoms with Crippen molar-refractivity contribution in [2.45, 2.75) is 27.2 Å². The van der Waals surface area contributed by atoms with Gasteiger partial charge in [-0.15, -0.1) is 0 Å². The second kappa shape index (κ2) is 8.76. The summed E-state index contributed by atoms with van der Waals surface area (Å²) in [6.07, 6.45) is 1.25. The zero-order valence-corrected chi connectivity index (χ0v) is 15.4. The van der Waals surface area contributed by atoms with E-state index in [1.54, 1.807) is 12.1 Å². The lowest BCUT2D eigenvalue weighted by Gasteiger charge is -2.08. The predicted octanol–water partition coefficient (Wildman–Crippen LogP) is 3.76. The summed E-state index contributed by atoms with van der Waals surface area (Å²) in [5, 5.41) is 2.37. The van der Waals surface area contributed by atoms with Crippen LogP contribution >= 0.6 is 31.9 Å². The molecule has 8 heteroatoms. The van der Waals surface area contributed by atoms with E-state index in [1.807, 2.05) is 6.92 Å². The summed E-state index contributed by atoms with van der Waals surface area (Å²) in [6, 6.07) is 3.28. The molecule has 0 bridgehead atoms. The van der Waals surface area contributed by atoms with Crippen molar-refractivity contribution in [3.8, 4) is 0 Å². The second-order valence-corrected chi connectivity index (χ2v) is 7.21. The minimum absolute atomic E-state index is 0.433. The molecule has 2 N–H and O–H groups in total. The summed E-state index contributed by atoms with van der Waals surface area (Å²) in [7, 11) is -4.31. The van der Waals surface area contributed by atoms with Crippen LogP contribution < -0.4 is 5.32 Å². The molecule has 0 aliphatic heterocycles. The first-order valence-electron chi connectivity index (χ1n) is 5.81. The van der Waals surface area contributed by atoms with Gasteiger partial charge < -0.3 is 5.32 Å². The van der Waals surface area contributed by atoms with E-state index in [0.29, 0.717) is 5.69 Å². The lowest BCUT2D eigenvalue weighted by atomic mass is 10.2. The third kappa shape index (κ3) is 7.98. The Bertz CT molecular complexity index is 550. The first-order chi connectivity index (χ1) is 9.10. The Kier molecular flexibility index (Phi) is 8.57. The van der Waals surface area contributed by atoms with E-state index in [4.69, 9.17) is 4.55 Å². The molecule has 114 valence electrons. The first-order valence-corrected chi connectivity index (χ1v) is 9.00. The van der Waals surface area contributed by atoms with Crippen molar-refractivity contribution in [3.63, 3.8) is 0 Å². The Balaban J connectivity index is 0.00000110. The van der Waals surface area contributed by atoms with E-state index >= 15 is 0 Å². The predicted molar refractivity (Wildman–Crippen MR) is 87.6 cm³/mol. The average Bonchev–Trinajstić information content (AvgIpc) is 2.24. The summed E-state index contributed by atoms with van der Waals surface area (Å²) in [5.41, 5.74) is 1.39. The summed E-state index contributed by atoms with van der Waals surface area (Å²) in [4.78, 5) is 11.3. The molecule has 1 aromatic rings. The normalized spacial score (nSPS) is 10.5. The molecule has 0 fully saturated rings. The van der Waals surface area contributed by atoms with E-state index in [-0.39, 0.29) is 0 Å². The van der Waals surface area contributed by atoms with Gasteiger partial charge in [-0.3, -0.25) is 9.35 Å². The highest BCUT2D eigenvalue weighted by atomic mass is 79.9. The van der Waals surface area contributed by atoms with Crippen LogP contribution in [0.3, 0.4) is 0 Å². The Labute approximate surface area is 136 Å². The van der Waals surface area contributed by atoms with Crippen molar-refractivity contribution in [2.75, 3.05) is 11.1 Å². The van der Waals surface area contributed by atoms with Gasteiger partial charge in [0, 0.05) is 14.6 Å². The number of carbonyl (C=O) groups excluding carboxylic acids is 1. The Morgan fingerprint density at radius 2 is 1.65 bits per heavy atom. The summed E-state index contributed by atoms with van der Waals surface area (Å²) >= 11 is 6.60. The van der Waals surface area contributed by atoms with Crippen LogP contribution in [0.15, 0.2) is 21.1 Å². The van der Waals surface area contributed by atoms with E-state index in [9.17, 15) is 13.2 Å². The monoisotopic (exact) mass is 429 g/mol. The highest BCUT2D eigenvalue weighted by Gasteiger charge is 2.13. The third-order valence-corrected chi connectivity index (χ3v) is 4.15. The molecule has 1 aromatic carbocycles. The molecule has 0 spiro atoms. The number of nitrogens with one attached hydrogen (secondary N) is 1. The number of hydrogen-bond donors (Lipinski definition) is 2. The smallest absolute Gasteiger partial charge is 0.274 e. The fourth-order valence-corrected chi connectivity index (χ4v) is 2.67. The lowest BCUT2D eigenvalue weighted by Crippen LogP contribution is -2.22. The van der Waals surface area contributed by atoms with Gasteiger partial charge in [-0.05, 0) is 24.6 Å². The second-order valence-electron chi connectivity index (χ2n) is 4.05. The summed E-state index contributed by atoms with van der Waals surface area (Å²) < 4.78 is 31.0. The van der Waals surface area contributed by atoms with Crippen molar-refractivity contribution in [3.05, 3.63) is 26.6 Å². The Morgan fingerprint density at radius 3 is 2.00 bits per heavy atom.